The molecular formula is C19H20BrNO3. The van der Waals surface area contributed by atoms with Gasteiger partial charge in [0, 0.05) is 16.6 Å². The van der Waals surface area contributed by atoms with E-state index in [1.165, 1.54) is 0 Å². The van der Waals surface area contributed by atoms with Gasteiger partial charge in [-0.1, -0.05) is 28.1 Å². The van der Waals surface area contributed by atoms with Gasteiger partial charge in [-0.3, -0.25) is 4.79 Å². The van der Waals surface area contributed by atoms with Crippen LogP contribution in [0.3, 0.4) is 0 Å². The van der Waals surface area contributed by atoms with E-state index in [1.54, 1.807) is 6.92 Å². The third kappa shape index (κ3) is 5.81. The number of nitrogens with one attached hydrogen (secondary N) is 1. The zero-order valence-electron chi connectivity index (χ0n) is 13.8. The molecule has 0 heterocycles. The summed E-state index contributed by atoms with van der Waals surface area (Å²) in [6.45, 7) is 3.46. The van der Waals surface area contributed by atoms with Gasteiger partial charge in [-0.2, -0.15) is 0 Å². The van der Waals surface area contributed by atoms with E-state index in [0.717, 1.165) is 27.7 Å². The number of rotatable bonds is 7. The second kappa shape index (κ2) is 8.64. The Kier molecular flexibility index (Phi) is 6.55. The Balaban J connectivity index is 1.84. The molecule has 0 saturated carbocycles. The van der Waals surface area contributed by atoms with Crippen LogP contribution in [0.15, 0.2) is 46.9 Å². The maximum atomic E-state index is 12.0. The lowest BCUT2D eigenvalue weighted by Gasteiger charge is -2.10. The average molecular weight is 390 g/mol. The summed E-state index contributed by atoms with van der Waals surface area (Å²) in [5.74, 6) is 0.598. The number of hydrogen-bond donors (Lipinski definition) is 1. The van der Waals surface area contributed by atoms with Gasteiger partial charge in [0.1, 0.15) is 11.5 Å². The average Bonchev–Trinajstić information content (AvgIpc) is 2.54. The molecule has 0 fully saturated rings. The predicted molar refractivity (Wildman–Crippen MR) is 98.4 cm³/mol. The Bertz CT molecular complexity index is 726. The molecule has 1 amide bonds. The van der Waals surface area contributed by atoms with E-state index in [0.29, 0.717) is 12.2 Å². The Labute approximate surface area is 150 Å². The molecule has 0 aliphatic heterocycles. The zero-order chi connectivity index (χ0) is 17.5. The summed E-state index contributed by atoms with van der Waals surface area (Å²) in [6, 6.07) is 13.1. The highest BCUT2D eigenvalue weighted by Crippen LogP contribution is 2.20. The molecule has 0 radical (unpaired) electrons. The van der Waals surface area contributed by atoms with Gasteiger partial charge in [0.15, 0.2) is 6.61 Å². The molecule has 2 aromatic rings. The smallest absolute Gasteiger partial charge is 0.262 e. The van der Waals surface area contributed by atoms with Crippen molar-refractivity contribution in [3.05, 3.63) is 58.1 Å². The quantitative estimate of drug-likeness (QED) is 0.767. The van der Waals surface area contributed by atoms with Crippen LogP contribution in [0, 0.1) is 6.92 Å². The zero-order valence-corrected chi connectivity index (χ0v) is 15.4. The minimum absolute atomic E-state index is 0.0533. The maximum Gasteiger partial charge on any atom is 0.262 e. The van der Waals surface area contributed by atoms with Crippen molar-refractivity contribution >= 4 is 33.3 Å². The number of ether oxygens (including phenoxy) is 1. The highest BCUT2D eigenvalue weighted by Gasteiger charge is 2.06. The summed E-state index contributed by atoms with van der Waals surface area (Å²) in [4.78, 5) is 23.0. The topological polar surface area (TPSA) is 55.4 Å². The van der Waals surface area contributed by atoms with Crippen molar-refractivity contribution in [2.45, 2.75) is 26.7 Å². The highest BCUT2D eigenvalue weighted by atomic mass is 79.9. The van der Waals surface area contributed by atoms with Crippen LogP contribution in [-0.4, -0.2) is 18.3 Å². The third-order valence-corrected chi connectivity index (χ3v) is 4.01. The molecule has 4 nitrogen and oxygen atoms in total. The molecule has 0 aliphatic carbocycles. The third-order valence-electron chi connectivity index (χ3n) is 3.52. The first-order valence-electron chi connectivity index (χ1n) is 7.71. The van der Waals surface area contributed by atoms with Crippen molar-refractivity contribution in [1.82, 2.24) is 0 Å². The van der Waals surface area contributed by atoms with Crippen molar-refractivity contribution in [3.8, 4) is 5.75 Å². The number of carbonyl (C=O) groups excluding carboxylic acids is 2. The summed E-state index contributed by atoms with van der Waals surface area (Å²) < 4.78 is 6.47. The number of halogens is 1. The van der Waals surface area contributed by atoms with E-state index < -0.39 is 0 Å². The minimum atomic E-state index is -0.207. The van der Waals surface area contributed by atoms with Crippen molar-refractivity contribution in [2.75, 3.05) is 11.9 Å². The molecule has 0 bridgehead atoms. The van der Waals surface area contributed by atoms with Crippen molar-refractivity contribution in [1.29, 1.82) is 0 Å². The lowest BCUT2D eigenvalue weighted by atomic mass is 10.1. The normalized spacial score (nSPS) is 10.3. The van der Waals surface area contributed by atoms with Gasteiger partial charge >= 0.3 is 0 Å². The molecule has 0 atom stereocenters. The van der Waals surface area contributed by atoms with Gasteiger partial charge in [-0.25, -0.2) is 0 Å². The van der Waals surface area contributed by atoms with E-state index in [4.69, 9.17) is 4.74 Å². The Hall–Kier alpha value is -2.14. The molecule has 1 N–H and O–H groups in total. The van der Waals surface area contributed by atoms with Crippen molar-refractivity contribution in [3.63, 3.8) is 0 Å². The number of Topliss-reactive ketones (excluding diaryl/α,β-unsaturated/α-hetero) is 1. The van der Waals surface area contributed by atoms with E-state index in [2.05, 4.69) is 21.2 Å². The maximum absolute atomic E-state index is 12.0. The van der Waals surface area contributed by atoms with Crippen LogP contribution < -0.4 is 10.1 Å². The molecule has 0 spiro atoms. The van der Waals surface area contributed by atoms with Gasteiger partial charge < -0.3 is 14.8 Å². The molecule has 2 aromatic carbocycles. The van der Waals surface area contributed by atoms with Gasteiger partial charge in [-0.15, -0.1) is 0 Å². The molecule has 24 heavy (non-hydrogen) atoms. The van der Waals surface area contributed by atoms with E-state index >= 15 is 0 Å². The molecule has 0 aromatic heterocycles. The van der Waals surface area contributed by atoms with Gasteiger partial charge in [0.25, 0.3) is 5.91 Å². The molecule has 126 valence electrons. The first-order chi connectivity index (χ1) is 11.4. The SMILES string of the molecule is CC(=O)CCc1ccc(OCC(=O)Nc2ccc(Br)cc2C)cc1. The summed E-state index contributed by atoms with van der Waals surface area (Å²) in [6.07, 6.45) is 1.26. The number of benzene rings is 2. The van der Waals surface area contributed by atoms with Crippen LogP contribution in [0.25, 0.3) is 0 Å². The molecular weight excluding hydrogens is 370 g/mol. The largest absolute Gasteiger partial charge is 0.484 e. The fourth-order valence-electron chi connectivity index (χ4n) is 2.18. The molecule has 5 heteroatoms. The van der Waals surface area contributed by atoms with Crippen molar-refractivity contribution < 1.29 is 14.3 Å². The minimum Gasteiger partial charge on any atom is -0.484 e. The molecule has 2 rings (SSSR count). The molecule has 0 aliphatic rings. The van der Waals surface area contributed by atoms with Crippen LogP contribution in [0.1, 0.15) is 24.5 Å². The van der Waals surface area contributed by atoms with Gasteiger partial charge in [0.05, 0.1) is 0 Å². The number of anilines is 1. The predicted octanol–water partition coefficient (Wildman–Crippen LogP) is 4.30. The second-order valence-electron chi connectivity index (χ2n) is 5.64. The van der Waals surface area contributed by atoms with Crippen LogP contribution in [0.2, 0.25) is 0 Å². The Morgan fingerprint density at radius 1 is 1.12 bits per heavy atom. The number of aryl methyl sites for hydroxylation is 2. The lowest BCUT2D eigenvalue weighted by Crippen LogP contribution is -2.20. The molecule has 0 saturated heterocycles. The monoisotopic (exact) mass is 389 g/mol. The number of amides is 1. The first-order valence-corrected chi connectivity index (χ1v) is 8.50. The lowest BCUT2D eigenvalue weighted by molar-refractivity contribution is -0.118. The number of ketones is 1. The van der Waals surface area contributed by atoms with Crippen LogP contribution in [0.4, 0.5) is 5.69 Å². The van der Waals surface area contributed by atoms with Crippen LogP contribution >= 0.6 is 15.9 Å². The fourth-order valence-corrected chi connectivity index (χ4v) is 2.65. The Morgan fingerprint density at radius 2 is 1.83 bits per heavy atom. The fraction of sp³-hybridized carbons (Fsp3) is 0.263. The van der Waals surface area contributed by atoms with Crippen molar-refractivity contribution in [2.24, 2.45) is 0 Å². The van der Waals surface area contributed by atoms with Gasteiger partial charge in [0.2, 0.25) is 0 Å². The molecule has 0 unspecified atom stereocenters. The summed E-state index contributed by atoms with van der Waals surface area (Å²) >= 11 is 3.39. The second-order valence-corrected chi connectivity index (χ2v) is 6.56. The summed E-state index contributed by atoms with van der Waals surface area (Å²) in [7, 11) is 0. The standard InChI is InChI=1S/C19H20BrNO3/c1-13-11-16(20)7-10-18(13)21-19(23)12-24-17-8-5-15(6-9-17)4-3-14(2)22/h5-11H,3-4,12H2,1-2H3,(H,21,23). The highest BCUT2D eigenvalue weighted by molar-refractivity contribution is 9.10. The van der Waals surface area contributed by atoms with Crippen LogP contribution in [-0.2, 0) is 16.0 Å². The summed E-state index contributed by atoms with van der Waals surface area (Å²) in [5, 5.41) is 2.83. The van der Waals surface area contributed by atoms with Gasteiger partial charge in [-0.05, 0) is 61.7 Å². The Morgan fingerprint density at radius 3 is 2.46 bits per heavy atom. The van der Waals surface area contributed by atoms with E-state index in [-0.39, 0.29) is 18.3 Å². The number of hydrogen-bond acceptors (Lipinski definition) is 3. The van der Waals surface area contributed by atoms with E-state index in [9.17, 15) is 9.59 Å². The van der Waals surface area contributed by atoms with E-state index in [1.807, 2.05) is 49.4 Å². The number of carbonyl (C=O) groups is 2. The first kappa shape index (κ1) is 18.2. The van der Waals surface area contributed by atoms with Crippen LogP contribution in [0.5, 0.6) is 5.75 Å². The summed E-state index contributed by atoms with van der Waals surface area (Å²) in [5.41, 5.74) is 2.83.